The SMILES string of the molecule is CC(C)CC(N)=O.O=C(O)C(F)(F)F. The van der Waals surface area contributed by atoms with Crippen molar-refractivity contribution in [2.45, 2.75) is 26.4 Å². The van der Waals surface area contributed by atoms with E-state index in [9.17, 15) is 18.0 Å². The van der Waals surface area contributed by atoms with Crippen molar-refractivity contribution in [3.05, 3.63) is 0 Å². The fraction of sp³-hybridized carbons (Fsp3) is 0.714. The second kappa shape index (κ2) is 6.22. The molecule has 1 amide bonds. The Labute approximate surface area is 78.9 Å². The summed E-state index contributed by atoms with van der Waals surface area (Å²) in [6.07, 6.45) is -4.58. The summed E-state index contributed by atoms with van der Waals surface area (Å²) in [6, 6.07) is 0. The number of amides is 1. The van der Waals surface area contributed by atoms with Gasteiger partial charge in [0.25, 0.3) is 0 Å². The third-order valence-corrected chi connectivity index (χ3v) is 0.852. The summed E-state index contributed by atoms with van der Waals surface area (Å²) in [7, 11) is 0. The molecule has 7 heteroatoms. The van der Waals surface area contributed by atoms with Gasteiger partial charge in [-0.2, -0.15) is 13.2 Å². The predicted molar refractivity (Wildman–Crippen MR) is 42.3 cm³/mol. The van der Waals surface area contributed by atoms with Crippen LogP contribution in [-0.2, 0) is 9.59 Å². The number of primary amides is 1. The van der Waals surface area contributed by atoms with E-state index in [4.69, 9.17) is 15.6 Å². The summed E-state index contributed by atoms with van der Waals surface area (Å²) in [5, 5.41) is 7.12. The van der Waals surface area contributed by atoms with Crippen LogP contribution in [0.25, 0.3) is 0 Å². The van der Waals surface area contributed by atoms with E-state index in [-0.39, 0.29) is 5.91 Å². The van der Waals surface area contributed by atoms with Gasteiger partial charge in [-0.25, -0.2) is 4.79 Å². The van der Waals surface area contributed by atoms with Crippen LogP contribution in [0.2, 0.25) is 0 Å². The number of hydrogen-bond acceptors (Lipinski definition) is 2. The highest BCUT2D eigenvalue weighted by atomic mass is 19.4. The molecular weight excluding hydrogens is 203 g/mol. The fourth-order valence-electron chi connectivity index (χ4n) is 0.402. The number of halogens is 3. The van der Waals surface area contributed by atoms with E-state index < -0.39 is 12.1 Å². The van der Waals surface area contributed by atoms with Crippen LogP contribution in [0.1, 0.15) is 20.3 Å². The molecule has 0 saturated carbocycles. The van der Waals surface area contributed by atoms with Gasteiger partial charge in [0.15, 0.2) is 0 Å². The molecule has 0 radical (unpaired) electrons. The Morgan fingerprint density at radius 2 is 1.64 bits per heavy atom. The summed E-state index contributed by atoms with van der Waals surface area (Å²) in [5.74, 6) is -2.57. The lowest BCUT2D eigenvalue weighted by atomic mass is 10.1. The Kier molecular flexibility index (Phi) is 6.76. The number of hydrogen-bond donors (Lipinski definition) is 2. The predicted octanol–water partition coefficient (Wildman–Crippen LogP) is 1.15. The van der Waals surface area contributed by atoms with Crippen LogP contribution >= 0.6 is 0 Å². The zero-order valence-electron chi connectivity index (χ0n) is 7.76. The van der Waals surface area contributed by atoms with E-state index in [1.807, 2.05) is 13.8 Å². The molecule has 3 N–H and O–H groups in total. The minimum Gasteiger partial charge on any atom is -0.475 e. The van der Waals surface area contributed by atoms with Crippen molar-refractivity contribution < 1.29 is 27.9 Å². The van der Waals surface area contributed by atoms with E-state index >= 15 is 0 Å². The minimum atomic E-state index is -5.08. The second-order valence-corrected chi connectivity index (χ2v) is 2.87. The number of carbonyl (C=O) groups excluding carboxylic acids is 1. The van der Waals surface area contributed by atoms with Crippen molar-refractivity contribution in [2.75, 3.05) is 0 Å². The maximum atomic E-state index is 10.6. The molecule has 0 spiro atoms. The second-order valence-electron chi connectivity index (χ2n) is 2.87. The lowest BCUT2D eigenvalue weighted by Crippen LogP contribution is -2.21. The zero-order valence-corrected chi connectivity index (χ0v) is 7.76. The first kappa shape index (κ1) is 15.2. The first-order valence-corrected chi connectivity index (χ1v) is 3.65. The van der Waals surface area contributed by atoms with Gasteiger partial charge in [0.2, 0.25) is 5.91 Å². The Bertz CT molecular complexity index is 201. The smallest absolute Gasteiger partial charge is 0.475 e. The van der Waals surface area contributed by atoms with E-state index in [0.29, 0.717) is 12.3 Å². The standard InChI is InChI=1S/C5H11NO.C2HF3O2/c1-4(2)3-5(6)7;3-2(4,5)1(6)7/h4H,3H2,1-2H3,(H2,6,7);(H,6,7). The van der Waals surface area contributed by atoms with Crippen LogP contribution in [0, 0.1) is 5.92 Å². The monoisotopic (exact) mass is 215 g/mol. The summed E-state index contributed by atoms with van der Waals surface area (Å²) in [6.45, 7) is 3.93. The van der Waals surface area contributed by atoms with Crippen molar-refractivity contribution >= 4 is 11.9 Å². The van der Waals surface area contributed by atoms with E-state index in [1.54, 1.807) is 0 Å². The first-order chi connectivity index (χ1) is 6.07. The van der Waals surface area contributed by atoms with Gasteiger partial charge < -0.3 is 10.8 Å². The van der Waals surface area contributed by atoms with Gasteiger partial charge >= 0.3 is 12.1 Å². The van der Waals surface area contributed by atoms with E-state index in [0.717, 1.165) is 0 Å². The van der Waals surface area contributed by atoms with Crippen molar-refractivity contribution in [1.29, 1.82) is 0 Å². The molecule has 0 bridgehead atoms. The fourth-order valence-corrected chi connectivity index (χ4v) is 0.402. The number of carboxylic acid groups (broad SMARTS) is 1. The van der Waals surface area contributed by atoms with Gasteiger partial charge in [-0.3, -0.25) is 4.79 Å². The molecule has 0 saturated heterocycles. The maximum absolute atomic E-state index is 10.6. The molecule has 4 nitrogen and oxygen atoms in total. The number of rotatable bonds is 2. The Morgan fingerprint density at radius 1 is 1.36 bits per heavy atom. The van der Waals surface area contributed by atoms with Gasteiger partial charge in [-0.15, -0.1) is 0 Å². The highest BCUT2D eigenvalue weighted by Crippen LogP contribution is 2.13. The average molecular weight is 215 g/mol. The van der Waals surface area contributed by atoms with Crippen molar-refractivity contribution in [1.82, 2.24) is 0 Å². The van der Waals surface area contributed by atoms with Crippen LogP contribution in [-0.4, -0.2) is 23.2 Å². The third-order valence-electron chi connectivity index (χ3n) is 0.852. The largest absolute Gasteiger partial charge is 0.490 e. The molecule has 0 rings (SSSR count). The molecule has 84 valence electrons. The highest BCUT2D eigenvalue weighted by molar-refractivity contribution is 5.73. The lowest BCUT2D eigenvalue weighted by molar-refractivity contribution is -0.192. The number of alkyl halides is 3. The molecule has 0 unspecified atom stereocenters. The molecule has 0 aromatic rings. The number of aliphatic carboxylic acids is 1. The van der Waals surface area contributed by atoms with Crippen molar-refractivity contribution in [2.24, 2.45) is 11.7 Å². The third kappa shape index (κ3) is 13.3. The molecule has 14 heavy (non-hydrogen) atoms. The van der Waals surface area contributed by atoms with Gasteiger partial charge in [0.1, 0.15) is 0 Å². The Hall–Kier alpha value is -1.27. The van der Waals surface area contributed by atoms with Crippen LogP contribution in [0.3, 0.4) is 0 Å². The Balaban J connectivity index is 0. The maximum Gasteiger partial charge on any atom is 0.490 e. The molecule has 0 atom stereocenters. The van der Waals surface area contributed by atoms with Gasteiger partial charge in [-0.05, 0) is 5.92 Å². The first-order valence-electron chi connectivity index (χ1n) is 3.65. The highest BCUT2D eigenvalue weighted by Gasteiger charge is 2.38. The molecule has 0 aromatic carbocycles. The van der Waals surface area contributed by atoms with Crippen molar-refractivity contribution in [3.63, 3.8) is 0 Å². The molecular formula is C7H12F3NO3. The molecule has 0 aliphatic rings. The average Bonchev–Trinajstić information content (AvgIpc) is 1.81. The summed E-state index contributed by atoms with van der Waals surface area (Å²) in [5.41, 5.74) is 4.85. The normalized spacial score (nSPS) is 10.4. The quantitative estimate of drug-likeness (QED) is 0.725. The molecule has 0 aliphatic carbocycles. The van der Waals surface area contributed by atoms with Gasteiger partial charge in [-0.1, -0.05) is 13.8 Å². The summed E-state index contributed by atoms with van der Waals surface area (Å²) in [4.78, 5) is 18.9. The van der Waals surface area contributed by atoms with Crippen molar-refractivity contribution in [3.8, 4) is 0 Å². The number of carboxylic acids is 1. The van der Waals surface area contributed by atoms with Crippen LogP contribution in [0.4, 0.5) is 13.2 Å². The van der Waals surface area contributed by atoms with E-state index in [1.165, 1.54) is 0 Å². The molecule has 0 heterocycles. The topological polar surface area (TPSA) is 80.4 Å². The van der Waals surface area contributed by atoms with Crippen LogP contribution < -0.4 is 5.73 Å². The van der Waals surface area contributed by atoms with Crippen LogP contribution in [0.15, 0.2) is 0 Å². The molecule has 0 fully saturated rings. The number of nitrogens with two attached hydrogens (primary N) is 1. The van der Waals surface area contributed by atoms with Gasteiger partial charge in [0.05, 0.1) is 0 Å². The molecule has 0 aliphatic heterocycles. The summed E-state index contributed by atoms with van der Waals surface area (Å²) < 4.78 is 31.7. The van der Waals surface area contributed by atoms with E-state index in [2.05, 4.69) is 0 Å². The minimum absolute atomic E-state index is 0.213. The Morgan fingerprint density at radius 3 is 1.64 bits per heavy atom. The zero-order chi connectivity index (χ0) is 11.9. The number of carbonyl (C=O) groups is 2. The molecule has 0 aromatic heterocycles. The summed E-state index contributed by atoms with van der Waals surface area (Å²) >= 11 is 0. The van der Waals surface area contributed by atoms with Crippen LogP contribution in [0.5, 0.6) is 0 Å². The van der Waals surface area contributed by atoms with Gasteiger partial charge in [0, 0.05) is 6.42 Å². The lowest BCUT2D eigenvalue weighted by Gasteiger charge is -1.95.